The van der Waals surface area contributed by atoms with E-state index in [1.807, 2.05) is 12.5 Å². The van der Waals surface area contributed by atoms with Gasteiger partial charge in [0.25, 0.3) is 0 Å². The summed E-state index contributed by atoms with van der Waals surface area (Å²) in [5.41, 5.74) is 3.03. The van der Waals surface area contributed by atoms with Crippen LogP contribution in [-0.2, 0) is 4.79 Å². The molecule has 2 atom stereocenters. The maximum Gasteiger partial charge on any atom is 0.220 e. The molecule has 1 saturated carbocycles. The molecule has 0 radical (unpaired) electrons. The van der Waals surface area contributed by atoms with Crippen LogP contribution in [0.1, 0.15) is 37.1 Å². The van der Waals surface area contributed by atoms with E-state index in [1.54, 1.807) is 11.3 Å². The summed E-state index contributed by atoms with van der Waals surface area (Å²) in [6.45, 7) is 4.79. The van der Waals surface area contributed by atoms with Crippen molar-refractivity contribution < 1.29 is 9.53 Å². The first kappa shape index (κ1) is 16.7. The summed E-state index contributed by atoms with van der Waals surface area (Å²) < 4.78 is 8.67. The molecule has 3 aromatic rings. The van der Waals surface area contributed by atoms with Crippen LogP contribution >= 0.6 is 11.3 Å². The normalized spacial score (nSPS) is 20.8. The van der Waals surface area contributed by atoms with Crippen LogP contribution in [0.3, 0.4) is 0 Å². The standard InChI is InChI=1S/C20H22N4O2S/c1-11-8-22-20(27-11)13-5-16-19(24(10-23-16)15-3-4-15)17(6-13)26-12(2)14-7-18(25)21-9-14/h5-6,8,10,12,14-15H,3-4,7,9H2,1-2H3,(H,21,25)/t12-,14-/m1/s1. The third-order valence-corrected chi connectivity index (χ3v) is 6.39. The number of amides is 1. The van der Waals surface area contributed by atoms with Crippen LogP contribution in [0.4, 0.5) is 0 Å². The van der Waals surface area contributed by atoms with Gasteiger partial charge in [-0.1, -0.05) is 0 Å². The Balaban J connectivity index is 1.56. The Morgan fingerprint density at radius 1 is 1.33 bits per heavy atom. The summed E-state index contributed by atoms with van der Waals surface area (Å²) in [6, 6.07) is 4.71. The van der Waals surface area contributed by atoms with Gasteiger partial charge < -0.3 is 14.6 Å². The van der Waals surface area contributed by atoms with Crippen molar-refractivity contribution in [3.63, 3.8) is 0 Å². The SMILES string of the molecule is Cc1cnc(-c2cc(O[C@H](C)[C@H]3CNC(=O)C3)c3c(c2)ncn3C2CC2)s1. The molecule has 27 heavy (non-hydrogen) atoms. The van der Waals surface area contributed by atoms with Gasteiger partial charge in [0, 0.05) is 41.6 Å². The number of benzene rings is 1. The predicted molar refractivity (Wildman–Crippen MR) is 105 cm³/mol. The van der Waals surface area contributed by atoms with Crippen LogP contribution < -0.4 is 10.1 Å². The molecule has 2 aliphatic rings. The predicted octanol–water partition coefficient (Wildman–Crippen LogP) is 3.71. The molecule has 6 nitrogen and oxygen atoms in total. The van der Waals surface area contributed by atoms with Gasteiger partial charge in [0.05, 0.1) is 11.8 Å². The highest BCUT2D eigenvalue weighted by atomic mass is 32.1. The van der Waals surface area contributed by atoms with Crippen molar-refractivity contribution in [2.24, 2.45) is 5.92 Å². The first-order chi connectivity index (χ1) is 13.1. The zero-order valence-electron chi connectivity index (χ0n) is 15.4. The molecular formula is C20H22N4O2S. The molecule has 2 aromatic heterocycles. The Labute approximate surface area is 161 Å². The Morgan fingerprint density at radius 3 is 2.85 bits per heavy atom. The van der Waals surface area contributed by atoms with Crippen molar-refractivity contribution in [3.8, 4) is 16.3 Å². The lowest BCUT2D eigenvalue weighted by atomic mass is 10.0. The van der Waals surface area contributed by atoms with E-state index in [4.69, 9.17) is 4.74 Å². The van der Waals surface area contributed by atoms with Crippen LogP contribution in [0, 0.1) is 12.8 Å². The largest absolute Gasteiger partial charge is 0.488 e. The number of nitrogens with one attached hydrogen (secondary N) is 1. The van der Waals surface area contributed by atoms with E-state index < -0.39 is 0 Å². The first-order valence-corrected chi connectivity index (χ1v) is 10.3. The fraction of sp³-hybridized carbons (Fsp3) is 0.450. The van der Waals surface area contributed by atoms with Gasteiger partial charge >= 0.3 is 0 Å². The minimum absolute atomic E-state index is 0.0528. The Bertz CT molecular complexity index is 1020. The number of imidazole rings is 1. The number of aryl methyl sites for hydroxylation is 1. The number of carbonyl (C=O) groups excluding carboxylic acids is 1. The van der Waals surface area contributed by atoms with Crippen molar-refractivity contribution in [2.45, 2.75) is 45.3 Å². The Hall–Kier alpha value is -2.41. The van der Waals surface area contributed by atoms with Crippen molar-refractivity contribution in [3.05, 3.63) is 29.5 Å². The molecule has 1 aromatic carbocycles. The number of carbonyl (C=O) groups is 1. The Kier molecular flexibility index (Phi) is 3.93. The highest BCUT2D eigenvalue weighted by molar-refractivity contribution is 7.14. The van der Waals surface area contributed by atoms with E-state index in [9.17, 15) is 4.79 Å². The summed E-state index contributed by atoms with van der Waals surface area (Å²) >= 11 is 1.67. The molecule has 7 heteroatoms. The number of ether oxygens (including phenoxy) is 1. The molecule has 1 amide bonds. The third-order valence-electron chi connectivity index (χ3n) is 5.43. The lowest BCUT2D eigenvalue weighted by molar-refractivity contribution is -0.119. The van der Waals surface area contributed by atoms with E-state index in [-0.39, 0.29) is 17.9 Å². The number of rotatable bonds is 5. The van der Waals surface area contributed by atoms with Gasteiger partial charge in [-0.05, 0) is 38.8 Å². The number of hydrogen-bond acceptors (Lipinski definition) is 5. The maximum atomic E-state index is 11.6. The minimum Gasteiger partial charge on any atom is -0.488 e. The molecule has 0 spiro atoms. The second-order valence-corrected chi connectivity index (χ2v) is 8.83. The number of fused-ring (bicyclic) bond motifs is 1. The summed E-state index contributed by atoms with van der Waals surface area (Å²) in [4.78, 5) is 21.9. The van der Waals surface area contributed by atoms with Crippen molar-refractivity contribution in [1.82, 2.24) is 19.9 Å². The monoisotopic (exact) mass is 382 g/mol. The van der Waals surface area contributed by atoms with Gasteiger partial charge in [-0.2, -0.15) is 0 Å². The minimum atomic E-state index is -0.0528. The molecule has 1 N–H and O–H groups in total. The van der Waals surface area contributed by atoms with Crippen molar-refractivity contribution in [2.75, 3.05) is 6.54 Å². The van der Waals surface area contributed by atoms with E-state index in [2.05, 4.69) is 45.8 Å². The van der Waals surface area contributed by atoms with Gasteiger partial charge in [0.2, 0.25) is 5.91 Å². The number of hydrogen-bond donors (Lipinski definition) is 1. The van der Waals surface area contributed by atoms with E-state index in [0.717, 1.165) is 27.4 Å². The van der Waals surface area contributed by atoms with Gasteiger partial charge in [-0.15, -0.1) is 11.3 Å². The quantitative estimate of drug-likeness (QED) is 0.730. The lowest BCUT2D eigenvalue weighted by Crippen LogP contribution is -2.25. The second-order valence-electron chi connectivity index (χ2n) is 7.59. The summed E-state index contributed by atoms with van der Waals surface area (Å²) in [7, 11) is 0. The molecule has 1 aliphatic heterocycles. The van der Waals surface area contributed by atoms with Crippen LogP contribution in [0.25, 0.3) is 21.6 Å². The highest BCUT2D eigenvalue weighted by Gasteiger charge is 2.30. The topological polar surface area (TPSA) is 69.0 Å². The maximum absolute atomic E-state index is 11.6. The van der Waals surface area contributed by atoms with Gasteiger partial charge in [-0.3, -0.25) is 4.79 Å². The molecule has 5 rings (SSSR count). The second kappa shape index (κ2) is 6.34. The van der Waals surface area contributed by atoms with Crippen LogP contribution in [-0.4, -0.2) is 33.1 Å². The number of aromatic nitrogens is 3. The average molecular weight is 382 g/mol. The Morgan fingerprint density at radius 2 is 2.19 bits per heavy atom. The molecule has 140 valence electrons. The molecular weight excluding hydrogens is 360 g/mol. The molecule has 0 bridgehead atoms. The molecule has 0 unspecified atom stereocenters. The van der Waals surface area contributed by atoms with Gasteiger partial charge in [-0.25, -0.2) is 9.97 Å². The van der Waals surface area contributed by atoms with Gasteiger partial charge in [0.15, 0.2) is 0 Å². The summed E-state index contributed by atoms with van der Waals surface area (Å²) in [6.07, 6.45) is 6.67. The fourth-order valence-corrected chi connectivity index (χ4v) is 4.47. The third kappa shape index (κ3) is 3.10. The molecule has 1 saturated heterocycles. The average Bonchev–Trinajstić information content (AvgIpc) is 3.04. The molecule has 2 fully saturated rings. The van der Waals surface area contributed by atoms with E-state index >= 15 is 0 Å². The summed E-state index contributed by atoms with van der Waals surface area (Å²) in [5, 5.41) is 3.88. The molecule has 3 heterocycles. The van der Waals surface area contributed by atoms with Crippen LogP contribution in [0.5, 0.6) is 5.75 Å². The first-order valence-electron chi connectivity index (χ1n) is 9.45. The fourth-order valence-electron chi connectivity index (χ4n) is 3.72. The number of nitrogens with zero attached hydrogens (tertiary/aromatic N) is 3. The van der Waals surface area contributed by atoms with E-state index in [0.29, 0.717) is 19.0 Å². The lowest BCUT2D eigenvalue weighted by Gasteiger charge is -2.21. The zero-order valence-corrected chi connectivity index (χ0v) is 16.3. The number of thiazole rings is 1. The smallest absolute Gasteiger partial charge is 0.220 e. The summed E-state index contributed by atoms with van der Waals surface area (Å²) in [5.74, 6) is 1.14. The molecule has 1 aliphatic carbocycles. The van der Waals surface area contributed by atoms with Crippen LogP contribution in [0.2, 0.25) is 0 Å². The van der Waals surface area contributed by atoms with Gasteiger partial charge in [0.1, 0.15) is 22.4 Å². The highest BCUT2D eigenvalue weighted by Crippen LogP contribution is 2.42. The van der Waals surface area contributed by atoms with Crippen molar-refractivity contribution in [1.29, 1.82) is 0 Å². The van der Waals surface area contributed by atoms with Crippen molar-refractivity contribution >= 4 is 28.3 Å². The zero-order chi connectivity index (χ0) is 18.5. The van der Waals surface area contributed by atoms with E-state index in [1.165, 1.54) is 17.7 Å². The van der Waals surface area contributed by atoms with Crippen LogP contribution in [0.15, 0.2) is 24.7 Å².